The Kier molecular flexibility index (Phi) is 17.2. The minimum atomic E-state index is -5.39. The van der Waals surface area contributed by atoms with Gasteiger partial charge in [-0.15, -0.1) is 0 Å². The van der Waals surface area contributed by atoms with E-state index in [1.165, 1.54) is 0 Å². The molecule has 0 radical (unpaired) electrons. The van der Waals surface area contributed by atoms with Gasteiger partial charge in [0.1, 0.15) is 0 Å². The predicted octanol–water partition coefficient (Wildman–Crippen LogP) is -5.94. The van der Waals surface area contributed by atoms with Crippen LogP contribution in [-0.4, -0.2) is 0 Å². The van der Waals surface area contributed by atoms with E-state index in [4.69, 9.17) is 22.9 Å². The molecule has 0 rings (SSSR count). The summed E-state index contributed by atoms with van der Waals surface area (Å²) in [4.78, 5) is 25.6. The molecule has 8 heteroatoms. The van der Waals surface area contributed by atoms with Crippen LogP contribution in [0.5, 0.6) is 0 Å². The second-order valence-corrected chi connectivity index (χ2v) is 1.34. The molecule has 0 aliphatic carbocycles. The molecule has 5 nitrogen and oxygen atoms in total. The molecule has 0 fully saturated rings. The Balaban J connectivity index is -0.0000000750. The second kappa shape index (κ2) is 8.49. The van der Waals surface area contributed by atoms with Gasteiger partial charge >= 0.3 is 50.6 Å². The number of phosphoric acid groups is 1. The molecular weight excluding hydrogens is 185 g/mol. The summed E-state index contributed by atoms with van der Waals surface area (Å²) in [6, 6.07) is 0. The first kappa shape index (κ1) is 16.2. The Morgan fingerprint density at radius 1 is 1.12 bits per heavy atom. The fraction of sp³-hybridized carbons (Fsp3) is 0. The molecule has 0 aromatic carbocycles. The van der Waals surface area contributed by atoms with E-state index < -0.39 is 7.82 Å². The van der Waals surface area contributed by atoms with E-state index in [1.807, 2.05) is 0 Å². The van der Waals surface area contributed by atoms with Gasteiger partial charge in [0.15, 0.2) is 0 Å². The van der Waals surface area contributed by atoms with Gasteiger partial charge in [0.25, 0.3) is 0 Å². The van der Waals surface area contributed by atoms with Crippen LogP contribution in [0.4, 0.5) is 0 Å². The van der Waals surface area contributed by atoms with Crippen molar-refractivity contribution in [2.45, 2.75) is 0 Å². The zero-order valence-corrected chi connectivity index (χ0v) is 8.23. The average molecular weight is 185 g/mol. The van der Waals surface area contributed by atoms with Gasteiger partial charge in [0.2, 0.25) is 0 Å². The first-order chi connectivity index (χ1) is 3.00. The Bertz CT molecular complexity index is 68.2. The van der Waals surface area contributed by atoms with Crippen LogP contribution in [0.1, 0.15) is 0 Å². The third kappa shape index (κ3) is 142. The summed E-state index contributed by atoms with van der Waals surface area (Å²) in [6.07, 6.45) is 0. The van der Waals surface area contributed by atoms with Crippen LogP contribution in [0.25, 0.3) is 0 Å². The van der Waals surface area contributed by atoms with Crippen LogP contribution in [0.3, 0.4) is 0 Å². The van der Waals surface area contributed by atoms with Crippen molar-refractivity contribution in [1.82, 2.24) is 0 Å². The van der Waals surface area contributed by atoms with Gasteiger partial charge in [-0.25, -0.2) is 0 Å². The van der Waals surface area contributed by atoms with Gasteiger partial charge in [-0.3, -0.25) is 0 Å². The quantitative estimate of drug-likeness (QED) is 0.276. The first-order valence-corrected chi connectivity index (χ1v) is 2.94. The van der Waals surface area contributed by atoms with Gasteiger partial charge in [0, 0.05) is 0 Å². The van der Waals surface area contributed by atoms with Crippen LogP contribution in [0.15, 0.2) is 0 Å². The van der Waals surface area contributed by atoms with E-state index in [9.17, 15) is 0 Å². The van der Waals surface area contributed by atoms with Gasteiger partial charge in [-0.1, -0.05) is 0 Å². The van der Waals surface area contributed by atoms with Crippen molar-refractivity contribution in [2.24, 2.45) is 0 Å². The number of hydrogen-bond donors (Lipinski definition) is 0. The molecule has 0 heterocycles. The molecule has 0 aliphatic heterocycles. The summed E-state index contributed by atoms with van der Waals surface area (Å²) in [5.41, 5.74) is 0. The number of rotatable bonds is 0. The van der Waals surface area contributed by atoms with E-state index in [1.54, 1.807) is 0 Å². The minimum absolute atomic E-state index is 0. The van der Waals surface area contributed by atoms with Gasteiger partial charge < -0.3 is 19.2 Å². The number of hydrogen-bond acceptors (Lipinski definition) is 5. The molecule has 0 aromatic heterocycles. The third-order valence-electron chi connectivity index (χ3n) is 0. The Labute approximate surface area is 77.2 Å². The summed E-state index contributed by atoms with van der Waals surface area (Å²) in [7, 11) is -5.39. The van der Waals surface area contributed by atoms with Crippen LogP contribution >= 0.6 is 7.82 Å². The molecular formula is NaO5PV. The summed E-state index contributed by atoms with van der Waals surface area (Å²) < 4.78 is 16.7. The molecule has 0 saturated heterocycles. The average Bonchev–Trinajstić information content (AvgIpc) is 1.36. The van der Waals surface area contributed by atoms with E-state index in [2.05, 4.69) is 0 Å². The van der Waals surface area contributed by atoms with Gasteiger partial charge in [-0.2, -0.15) is 7.82 Å². The molecule has 0 aromatic rings. The maximum absolute atomic E-state index is 8.55. The van der Waals surface area contributed by atoms with Crippen LogP contribution in [-0.2, 0) is 25.6 Å². The molecule has 0 unspecified atom stereocenters. The molecule has 0 aliphatic rings. The van der Waals surface area contributed by atoms with Crippen molar-refractivity contribution in [2.75, 3.05) is 0 Å². The van der Waals surface area contributed by atoms with E-state index in [0.29, 0.717) is 0 Å². The molecule has 41 valence electrons. The summed E-state index contributed by atoms with van der Waals surface area (Å²) in [5.74, 6) is 0. The van der Waals surface area contributed by atoms with Crippen molar-refractivity contribution in [1.29, 1.82) is 0 Å². The standard InChI is InChI=1S/Na.H3O4P.O.V/c;1-5(2,3)4;;/h;(H3,1,2,3,4);;/q+1;;;+2/p-3. The van der Waals surface area contributed by atoms with Gasteiger partial charge in [0.05, 0.1) is 0 Å². The Morgan fingerprint density at radius 3 is 1.12 bits per heavy atom. The molecule has 0 bridgehead atoms. The molecule has 0 N–H and O–H groups in total. The zero-order valence-electron chi connectivity index (χ0n) is 3.94. The van der Waals surface area contributed by atoms with E-state index in [0.717, 1.165) is 17.4 Å². The van der Waals surface area contributed by atoms with Crippen LogP contribution in [0, 0.1) is 0 Å². The normalized spacial score (nSPS) is 8.12. The van der Waals surface area contributed by atoms with Crippen molar-refractivity contribution < 1.29 is 69.8 Å². The third-order valence-corrected chi connectivity index (χ3v) is 0. The first-order valence-electron chi connectivity index (χ1n) is 0.913. The molecule has 0 amide bonds. The van der Waals surface area contributed by atoms with Crippen molar-refractivity contribution in [3.8, 4) is 0 Å². The molecule has 8 heavy (non-hydrogen) atoms. The van der Waals surface area contributed by atoms with Crippen molar-refractivity contribution >= 4 is 7.82 Å². The predicted molar refractivity (Wildman–Crippen MR) is 8.29 cm³/mol. The zero-order chi connectivity index (χ0) is 6.50. The monoisotopic (exact) mass is 185 g/mol. The molecule has 0 saturated carbocycles. The topological polar surface area (TPSA) is 103 Å². The maximum atomic E-state index is 8.55. The summed E-state index contributed by atoms with van der Waals surface area (Å²) in [5, 5.41) is 0. The van der Waals surface area contributed by atoms with Crippen LogP contribution in [0.2, 0.25) is 0 Å². The molecule has 0 atom stereocenters. The fourth-order valence-electron chi connectivity index (χ4n) is 0. The van der Waals surface area contributed by atoms with Crippen molar-refractivity contribution in [3.63, 3.8) is 0 Å². The SMILES string of the molecule is O=P([O-])([O-])[O-].[Na+].[O]=[V+2]. The van der Waals surface area contributed by atoms with E-state index in [-0.39, 0.29) is 29.6 Å². The van der Waals surface area contributed by atoms with Gasteiger partial charge in [-0.05, 0) is 0 Å². The Morgan fingerprint density at radius 2 is 1.12 bits per heavy atom. The van der Waals surface area contributed by atoms with E-state index >= 15 is 0 Å². The Hall–Kier alpha value is 1.49. The second-order valence-electron chi connectivity index (χ2n) is 0.447. The summed E-state index contributed by atoms with van der Waals surface area (Å²) >= 11 is 1.06. The fourth-order valence-corrected chi connectivity index (χ4v) is 0. The van der Waals surface area contributed by atoms with Crippen molar-refractivity contribution in [3.05, 3.63) is 0 Å². The summed E-state index contributed by atoms with van der Waals surface area (Å²) in [6.45, 7) is 0. The molecule has 0 spiro atoms. The van der Waals surface area contributed by atoms with Crippen LogP contribution < -0.4 is 44.2 Å².